The Kier molecular flexibility index (Phi) is 7.97. The van der Waals surface area contributed by atoms with Gasteiger partial charge in [0.1, 0.15) is 8.07 Å². The first-order valence-electron chi connectivity index (χ1n) is 23.3. The SMILES string of the molecule is [C-]#[N+]c1ccc(-c2c3ccccc3c(-c3ccc4cc(-c5ccc6c(c5)c5ccccc5c5cc7c(cc65)[Si](C)(C)c5ccc6ccccc6c5-7)ccc4c3)c3ccccc23)c2ccccc12. The minimum absolute atomic E-state index is 0.681. The van der Waals surface area contributed by atoms with Crippen molar-refractivity contribution < 1.29 is 0 Å². The average molecular weight is 864 g/mol. The van der Waals surface area contributed by atoms with Crippen molar-refractivity contribution in [1.82, 2.24) is 0 Å². The van der Waals surface area contributed by atoms with Crippen molar-refractivity contribution in [2.24, 2.45) is 0 Å². The summed E-state index contributed by atoms with van der Waals surface area (Å²) in [5.41, 5.74) is 10.8. The van der Waals surface area contributed by atoms with Crippen LogP contribution in [0.3, 0.4) is 0 Å². The third-order valence-electron chi connectivity index (χ3n) is 15.2. The standard InChI is InChI=1S/C65H41NSi/c1-66-60-32-31-55(48-18-8-9-19-50(48)60)64-53-22-12-10-20-51(53)63(52-21-11-13-23-54(52)64)44-27-26-40-34-41(24-25-42(40)35-44)43-28-30-49-56(36-43)46-16-6-7-17-47(46)57-37-59-62(38-58(49)57)67(2,3)61-33-29-39-14-4-5-15-45(39)65(59)61/h4-38H,2-3H3. The van der Waals surface area contributed by atoms with Crippen LogP contribution in [0.2, 0.25) is 13.1 Å². The third kappa shape index (κ3) is 5.41. The second kappa shape index (κ2) is 14.1. The number of rotatable bonds is 3. The summed E-state index contributed by atoms with van der Waals surface area (Å²) in [7, 11) is -1.95. The lowest BCUT2D eigenvalue weighted by Gasteiger charge is -2.20. The summed E-state index contributed by atoms with van der Waals surface area (Å²) in [6.07, 6.45) is 0. The van der Waals surface area contributed by atoms with Gasteiger partial charge < -0.3 is 0 Å². The van der Waals surface area contributed by atoms with E-state index in [0.29, 0.717) is 5.69 Å². The molecule has 1 nitrogen and oxygen atoms in total. The van der Waals surface area contributed by atoms with Gasteiger partial charge in [-0.1, -0.05) is 201 Å². The second-order valence-electron chi connectivity index (χ2n) is 19.0. The average Bonchev–Trinajstić information content (AvgIpc) is 3.61. The molecule has 0 fully saturated rings. The molecule has 0 radical (unpaired) electrons. The van der Waals surface area contributed by atoms with Crippen molar-refractivity contribution >= 4 is 110 Å². The van der Waals surface area contributed by atoms with Crippen LogP contribution in [0.5, 0.6) is 0 Å². The summed E-state index contributed by atoms with van der Waals surface area (Å²) in [4.78, 5) is 3.87. The molecule has 13 aromatic rings. The lowest BCUT2D eigenvalue weighted by Crippen LogP contribution is -2.49. The Morgan fingerprint density at radius 2 is 0.791 bits per heavy atom. The normalized spacial score (nSPS) is 13.0. The highest BCUT2D eigenvalue weighted by atomic mass is 28.3. The lowest BCUT2D eigenvalue weighted by molar-refractivity contribution is 1.67. The summed E-state index contributed by atoms with van der Waals surface area (Å²) in [6.45, 7) is 12.9. The fourth-order valence-corrected chi connectivity index (χ4v) is 15.1. The predicted molar refractivity (Wildman–Crippen MR) is 291 cm³/mol. The van der Waals surface area contributed by atoms with Gasteiger partial charge in [-0.2, -0.15) is 0 Å². The van der Waals surface area contributed by atoms with Crippen molar-refractivity contribution in [3.63, 3.8) is 0 Å². The molecule has 0 aromatic heterocycles. The number of benzene rings is 13. The monoisotopic (exact) mass is 863 g/mol. The molecule has 0 bridgehead atoms. The molecular formula is C65H41NSi. The highest BCUT2D eigenvalue weighted by Gasteiger charge is 2.39. The highest BCUT2D eigenvalue weighted by molar-refractivity contribution is 7.04. The maximum Gasteiger partial charge on any atom is 0.194 e. The van der Waals surface area contributed by atoms with Crippen LogP contribution in [0.25, 0.3) is 136 Å². The van der Waals surface area contributed by atoms with Gasteiger partial charge in [0.15, 0.2) is 5.69 Å². The molecule has 13 aromatic carbocycles. The number of nitrogens with zero attached hydrogens (tertiary/aromatic N) is 1. The van der Waals surface area contributed by atoms with Crippen molar-refractivity contribution in [3.05, 3.63) is 224 Å². The van der Waals surface area contributed by atoms with Crippen molar-refractivity contribution in [1.29, 1.82) is 0 Å². The molecule has 1 heterocycles. The van der Waals surface area contributed by atoms with Crippen LogP contribution in [0.4, 0.5) is 5.69 Å². The number of fused-ring (bicyclic) bond motifs is 15. The molecule has 0 spiro atoms. The second-order valence-corrected chi connectivity index (χ2v) is 23.3. The Morgan fingerprint density at radius 3 is 1.48 bits per heavy atom. The molecule has 1 aliphatic heterocycles. The van der Waals surface area contributed by atoms with E-state index >= 15 is 0 Å². The smallest absolute Gasteiger partial charge is 0.194 e. The van der Waals surface area contributed by atoms with Gasteiger partial charge in [0.05, 0.1) is 6.57 Å². The molecule has 0 saturated carbocycles. The maximum atomic E-state index is 7.87. The first kappa shape index (κ1) is 38.0. The van der Waals surface area contributed by atoms with E-state index in [1.54, 1.807) is 10.4 Å². The Hall–Kier alpha value is -8.35. The van der Waals surface area contributed by atoms with E-state index in [0.717, 1.165) is 16.3 Å². The highest BCUT2D eigenvalue weighted by Crippen LogP contribution is 2.47. The van der Waals surface area contributed by atoms with Gasteiger partial charge in [0.25, 0.3) is 0 Å². The fourth-order valence-electron chi connectivity index (χ4n) is 12.0. The molecule has 0 amide bonds. The van der Waals surface area contributed by atoms with Crippen molar-refractivity contribution in [2.75, 3.05) is 0 Å². The van der Waals surface area contributed by atoms with E-state index in [4.69, 9.17) is 6.57 Å². The molecule has 310 valence electrons. The molecule has 0 atom stereocenters. The molecule has 0 N–H and O–H groups in total. The van der Waals surface area contributed by atoms with E-state index in [2.05, 4.69) is 218 Å². The fraction of sp³-hybridized carbons (Fsp3) is 0.0308. The van der Waals surface area contributed by atoms with Crippen LogP contribution < -0.4 is 10.4 Å². The van der Waals surface area contributed by atoms with Gasteiger partial charge in [-0.25, -0.2) is 4.85 Å². The summed E-state index contributed by atoms with van der Waals surface area (Å²) in [5.74, 6) is 0. The van der Waals surface area contributed by atoms with Crippen molar-refractivity contribution in [2.45, 2.75) is 13.1 Å². The zero-order valence-corrected chi connectivity index (χ0v) is 38.2. The van der Waals surface area contributed by atoms with Crippen LogP contribution in [-0.4, -0.2) is 8.07 Å². The molecule has 1 aliphatic rings. The first-order valence-corrected chi connectivity index (χ1v) is 26.3. The Morgan fingerprint density at radius 1 is 0.299 bits per heavy atom. The molecule has 0 aliphatic carbocycles. The quantitative estimate of drug-likeness (QED) is 0.0721. The van der Waals surface area contributed by atoms with Crippen LogP contribution >= 0.6 is 0 Å². The Balaban J connectivity index is 0.907. The van der Waals surface area contributed by atoms with Crippen molar-refractivity contribution in [3.8, 4) is 44.5 Å². The molecule has 0 unspecified atom stereocenters. The van der Waals surface area contributed by atoms with Gasteiger partial charge in [0, 0.05) is 0 Å². The van der Waals surface area contributed by atoms with E-state index in [-0.39, 0.29) is 0 Å². The molecule has 67 heavy (non-hydrogen) atoms. The summed E-state index contributed by atoms with van der Waals surface area (Å²) >= 11 is 0. The molecule has 2 heteroatoms. The van der Waals surface area contributed by atoms with Crippen LogP contribution in [0, 0.1) is 6.57 Å². The molecule has 14 rings (SSSR count). The minimum atomic E-state index is -1.95. The number of hydrogen-bond donors (Lipinski definition) is 0. The first-order chi connectivity index (χ1) is 32.9. The van der Waals surface area contributed by atoms with E-state index < -0.39 is 8.07 Å². The van der Waals surface area contributed by atoms with Crippen LogP contribution in [-0.2, 0) is 0 Å². The van der Waals surface area contributed by atoms with Gasteiger partial charge in [0.2, 0.25) is 0 Å². The summed E-state index contributed by atoms with van der Waals surface area (Å²) in [5, 5.41) is 23.0. The van der Waals surface area contributed by atoms with Crippen LogP contribution in [0.15, 0.2) is 212 Å². The predicted octanol–water partition coefficient (Wildman–Crippen LogP) is 17.3. The maximum absolute atomic E-state index is 7.87. The summed E-state index contributed by atoms with van der Waals surface area (Å²) in [6, 6.07) is 79.0. The molecule has 0 saturated heterocycles. The minimum Gasteiger partial charge on any atom is -0.238 e. The van der Waals surface area contributed by atoms with Gasteiger partial charge >= 0.3 is 0 Å². The Bertz CT molecular complexity index is 4320. The van der Waals surface area contributed by atoms with E-state index in [1.165, 1.54) is 114 Å². The summed E-state index contributed by atoms with van der Waals surface area (Å²) < 4.78 is 0. The zero-order chi connectivity index (χ0) is 44.5. The van der Waals surface area contributed by atoms with E-state index in [9.17, 15) is 0 Å². The third-order valence-corrected chi connectivity index (χ3v) is 18.7. The van der Waals surface area contributed by atoms with Gasteiger partial charge in [-0.3, -0.25) is 0 Å². The Labute approximate surface area is 389 Å². The zero-order valence-electron chi connectivity index (χ0n) is 37.2. The molecular weight excluding hydrogens is 823 g/mol. The number of hydrogen-bond acceptors (Lipinski definition) is 0. The lowest BCUT2D eigenvalue weighted by atomic mass is 9.84. The van der Waals surface area contributed by atoms with Crippen LogP contribution in [0.1, 0.15) is 0 Å². The van der Waals surface area contributed by atoms with E-state index in [1.807, 2.05) is 12.1 Å². The van der Waals surface area contributed by atoms with Gasteiger partial charge in [-0.05, 0) is 165 Å². The topological polar surface area (TPSA) is 4.36 Å². The van der Waals surface area contributed by atoms with Gasteiger partial charge in [-0.15, -0.1) is 0 Å². The largest absolute Gasteiger partial charge is 0.238 e.